The fraction of sp³-hybridized carbons (Fsp3) is 0.286. The number of carbonyl (C=O) groups excluding carboxylic acids is 1. The minimum absolute atomic E-state index is 0.0425. The molecule has 0 heterocycles. The van der Waals surface area contributed by atoms with Crippen molar-refractivity contribution in [3.63, 3.8) is 0 Å². The van der Waals surface area contributed by atoms with Gasteiger partial charge in [-0.25, -0.2) is 0 Å². The van der Waals surface area contributed by atoms with Gasteiger partial charge < -0.3 is 15.2 Å². The number of hydrogen-bond acceptors (Lipinski definition) is 3. The molecule has 1 amide bonds. The number of carboxylic acids is 1. The topological polar surface area (TPSA) is 75.6 Å². The Morgan fingerprint density at radius 1 is 0.909 bits per heavy atom. The molecule has 0 saturated carbocycles. The number of aryl methyl sites for hydroxylation is 1. The van der Waals surface area contributed by atoms with E-state index in [9.17, 15) is 9.59 Å². The summed E-state index contributed by atoms with van der Waals surface area (Å²) in [6.07, 6.45) is 1.18. The van der Waals surface area contributed by atoms with Gasteiger partial charge >= 0.3 is 5.97 Å². The van der Waals surface area contributed by atoms with Crippen molar-refractivity contribution in [1.29, 1.82) is 0 Å². The highest BCUT2D eigenvalue weighted by Gasteiger charge is 2.18. The van der Waals surface area contributed by atoms with Gasteiger partial charge in [0.1, 0.15) is 11.5 Å². The van der Waals surface area contributed by atoms with Crippen molar-refractivity contribution in [2.75, 3.05) is 6.54 Å². The molecule has 0 spiro atoms. The van der Waals surface area contributed by atoms with Crippen LogP contribution in [0.25, 0.3) is 0 Å². The lowest BCUT2D eigenvalue weighted by Gasteiger charge is -2.21. The maximum absolute atomic E-state index is 13.2. The molecule has 33 heavy (non-hydrogen) atoms. The molecule has 5 nitrogen and oxygen atoms in total. The second-order valence-electron chi connectivity index (χ2n) is 8.57. The van der Waals surface area contributed by atoms with Gasteiger partial charge in [0.05, 0.1) is 0 Å². The highest BCUT2D eigenvalue weighted by Crippen LogP contribution is 2.26. The maximum atomic E-state index is 13.2. The van der Waals surface area contributed by atoms with Crippen molar-refractivity contribution < 1.29 is 19.4 Å². The van der Waals surface area contributed by atoms with Gasteiger partial charge in [-0.1, -0.05) is 68.4 Å². The third kappa shape index (κ3) is 7.49. The van der Waals surface area contributed by atoms with Crippen molar-refractivity contribution in [1.82, 2.24) is 5.32 Å². The number of benzene rings is 3. The Morgan fingerprint density at radius 2 is 1.58 bits per heavy atom. The van der Waals surface area contributed by atoms with Crippen LogP contribution in [-0.2, 0) is 11.2 Å². The van der Waals surface area contributed by atoms with E-state index in [0.717, 1.165) is 6.42 Å². The fourth-order valence-electron chi connectivity index (χ4n) is 3.86. The maximum Gasteiger partial charge on any atom is 0.303 e. The highest BCUT2D eigenvalue weighted by molar-refractivity contribution is 5.96. The second kappa shape index (κ2) is 11.9. The van der Waals surface area contributed by atoms with Crippen molar-refractivity contribution in [2.45, 2.75) is 39.0 Å². The predicted octanol–water partition coefficient (Wildman–Crippen LogP) is 6.06. The van der Waals surface area contributed by atoms with E-state index in [4.69, 9.17) is 9.84 Å². The Morgan fingerprint density at radius 3 is 2.21 bits per heavy atom. The minimum Gasteiger partial charge on any atom is -0.481 e. The van der Waals surface area contributed by atoms with E-state index in [2.05, 4.69) is 31.3 Å². The highest BCUT2D eigenvalue weighted by atomic mass is 16.5. The van der Waals surface area contributed by atoms with Gasteiger partial charge in [0, 0.05) is 24.4 Å². The van der Waals surface area contributed by atoms with Crippen molar-refractivity contribution in [2.24, 2.45) is 5.92 Å². The zero-order chi connectivity index (χ0) is 23.6. The van der Waals surface area contributed by atoms with Crippen LogP contribution in [0, 0.1) is 5.92 Å². The average Bonchev–Trinajstić information content (AvgIpc) is 2.81. The van der Waals surface area contributed by atoms with Gasteiger partial charge in [-0.3, -0.25) is 9.59 Å². The SMILES string of the molecule is CC(C)CC(CNC(=O)c1cc(Oc2ccccc2)ccc1CCC(=O)O)c1ccccc1. The van der Waals surface area contributed by atoms with Crippen LogP contribution in [0.5, 0.6) is 11.5 Å². The molecule has 2 N–H and O–H groups in total. The van der Waals surface area contributed by atoms with E-state index in [1.165, 1.54) is 5.56 Å². The Bertz CT molecular complexity index is 1050. The zero-order valence-electron chi connectivity index (χ0n) is 19.2. The molecule has 5 heteroatoms. The number of rotatable bonds is 11. The lowest BCUT2D eigenvalue weighted by molar-refractivity contribution is -0.136. The van der Waals surface area contributed by atoms with Gasteiger partial charge in [-0.15, -0.1) is 0 Å². The van der Waals surface area contributed by atoms with E-state index in [1.807, 2.05) is 48.5 Å². The van der Waals surface area contributed by atoms with Crippen LogP contribution in [0.1, 0.15) is 54.1 Å². The van der Waals surface area contributed by atoms with Crippen LogP contribution in [0.3, 0.4) is 0 Å². The van der Waals surface area contributed by atoms with Gasteiger partial charge in [0.25, 0.3) is 5.91 Å². The number of nitrogens with one attached hydrogen (secondary N) is 1. The Kier molecular flexibility index (Phi) is 8.64. The predicted molar refractivity (Wildman–Crippen MR) is 130 cm³/mol. The zero-order valence-corrected chi connectivity index (χ0v) is 19.2. The van der Waals surface area contributed by atoms with E-state index in [0.29, 0.717) is 35.1 Å². The third-order valence-corrected chi connectivity index (χ3v) is 5.45. The lowest BCUT2D eigenvalue weighted by Crippen LogP contribution is -2.30. The van der Waals surface area contributed by atoms with Crippen molar-refractivity contribution >= 4 is 11.9 Å². The van der Waals surface area contributed by atoms with E-state index < -0.39 is 5.97 Å². The van der Waals surface area contributed by atoms with Crippen LogP contribution in [0.2, 0.25) is 0 Å². The molecule has 172 valence electrons. The Labute approximate surface area is 195 Å². The first-order valence-electron chi connectivity index (χ1n) is 11.3. The molecule has 1 atom stereocenters. The lowest BCUT2D eigenvalue weighted by atomic mass is 9.90. The third-order valence-electron chi connectivity index (χ3n) is 5.45. The van der Waals surface area contributed by atoms with E-state index in [1.54, 1.807) is 18.2 Å². The number of aliphatic carboxylic acids is 1. The summed E-state index contributed by atoms with van der Waals surface area (Å²) in [5.41, 5.74) is 2.33. The number of hydrogen-bond donors (Lipinski definition) is 2. The van der Waals surface area contributed by atoms with Crippen molar-refractivity contribution in [3.8, 4) is 11.5 Å². The van der Waals surface area contributed by atoms with Crippen LogP contribution < -0.4 is 10.1 Å². The number of carboxylic acid groups (broad SMARTS) is 1. The average molecular weight is 446 g/mol. The van der Waals surface area contributed by atoms with Crippen LogP contribution in [-0.4, -0.2) is 23.5 Å². The van der Waals surface area contributed by atoms with Gasteiger partial charge in [0.15, 0.2) is 0 Å². The largest absolute Gasteiger partial charge is 0.481 e. The normalized spacial score (nSPS) is 11.7. The molecule has 0 aliphatic carbocycles. The summed E-state index contributed by atoms with van der Waals surface area (Å²) >= 11 is 0. The molecule has 0 aliphatic rings. The molecule has 3 aromatic carbocycles. The van der Waals surface area contributed by atoms with E-state index in [-0.39, 0.29) is 24.7 Å². The van der Waals surface area contributed by atoms with E-state index >= 15 is 0 Å². The minimum atomic E-state index is -0.896. The molecule has 0 fully saturated rings. The molecule has 0 aliphatic heterocycles. The molecular weight excluding hydrogens is 414 g/mol. The summed E-state index contributed by atoms with van der Waals surface area (Å²) in [6.45, 7) is 4.85. The first kappa shape index (κ1) is 24.1. The number of carbonyl (C=O) groups is 2. The second-order valence-corrected chi connectivity index (χ2v) is 8.57. The first-order valence-corrected chi connectivity index (χ1v) is 11.3. The summed E-state index contributed by atoms with van der Waals surface area (Å²) in [5, 5.41) is 12.2. The smallest absolute Gasteiger partial charge is 0.303 e. The quantitative estimate of drug-likeness (QED) is 0.376. The molecule has 1 unspecified atom stereocenters. The van der Waals surface area contributed by atoms with Gasteiger partial charge in [-0.05, 0) is 54.2 Å². The van der Waals surface area contributed by atoms with Crippen molar-refractivity contribution in [3.05, 3.63) is 95.6 Å². The molecule has 3 aromatic rings. The molecule has 0 bridgehead atoms. The summed E-state index contributed by atoms with van der Waals surface area (Å²) < 4.78 is 5.90. The fourth-order valence-corrected chi connectivity index (χ4v) is 3.86. The molecule has 3 rings (SSSR count). The first-order chi connectivity index (χ1) is 15.9. The molecule has 0 saturated heterocycles. The number of amides is 1. The molecule has 0 aromatic heterocycles. The van der Waals surface area contributed by atoms with Crippen LogP contribution >= 0.6 is 0 Å². The molecular formula is C28H31NO4. The van der Waals surface area contributed by atoms with Crippen LogP contribution in [0.15, 0.2) is 78.9 Å². The summed E-state index contributed by atoms with van der Waals surface area (Å²) in [7, 11) is 0. The Hall–Kier alpha value is -3.60. The summed E-state index contributed by atoms with van der Waals surface area (Å²) in [4.78, 5) is 24.3. The Balaban J connectivity index is 1.80. The van der Waals surface area contributed by atoms with Crippen LogP contribution in [0.4, 0.5) is 0 Å². The summed E-state index contributed by atoms with van der Waals surface area (Å²) in [6, 6.07) is 24.8. The molecule has 0 radical (unpaired) electrons. The van der Waals surface area contributed by atoms with Gasteiger partial charge in [-0.2, -0.15) is 0 Å². The number of para-hydroxylation sites is 1. The summed E-state index contributed by atoms with van der Waals surface area (Å²) in [5.74, 6) is 0.767. The standard InChI is InChI=1S/C28H31NO4/c1-20(2)17-23(21-9-5-3-6-10-21)19-29-28(32)26-18-25(33-24-11-7-4-8-12-24)15-13-22(26)14-16-27(30)31/h3-13,15,18,20,23H,14,16-17,19H2,1-2H3,(H,29,32)(H,30,31). The number of ether oxygens (including phenoxy) is 1. The van der Waals surface area contributed by atoms with Gasteiger partial charge in [0.2, 0.25) is 0 Å². The monoisotopic (exact) mass is 445 g/mol.